The van der Waals surface area contributed by atoms with Crippen LogP contribution in [0.2, 0.25) is 0 Å². The van der Waals surface area contributed by atoms with E-state index in [-0.39, 0.29) is 0 Å². The Balaban J connectivity index is 2.03. The molecule has 0 saturated heterocycles. The van der Waals surface area contributed by atoms with Crippen molar-refractivity contribution in [2.24, 2.45) is 0 Å². The van der Waals surface area contributed by atoms with E-state index in [1.807, 2.05) is 12.1 Å². The average Bonchev–Trinajstić information content (AvgIpc) is 2.67. The van der Waals surface area contributed by atoms with Gasteiger partial charge in [-0.25, -0.2) is 0 Å². The fraction of sp³-hybridized carbons (Fsp3) is 0. The molecular weight excluding hydrogens is 299 g/mol. The van der Waals surface area contributed by atoms with Crippen LogP contribution in [0.1, 0.15) is 0 Å². The highest BCUT2D eigenvalue weighted by Crippen LogP contribution is 2.46. The van der Waals surface area contributed by atoms with Crippen LogP contribution in [0.3, 0.4) is 0 Å². The minimum absolute atomic E-state index is 0.819. The topological polar surface area (TPSA) is 0 Å². The second kappa shape index (κ2) is 5.49. The van der Waals surface area contributed by atoms with Crippen molar-refractivity contribution in [1.29, 1.82) is 0 Å². The Morgan fingerprint density at radius 1 is 0.360 bits per heavy atom. The van der Waals surface area contributed by atoms with Gasteiger partial charge in [0.1, 0.15) is 7.85 Å². The molecule has 0 nitrogen and oxygen atoms in total. The largest absolute Gasteiger partial charge is 0.114 e. The summed E-state index contributed by atoms with van der Waals surface area (Å²) in [5.41, 5.74) is 10.5. The van der Waals surface area contributed by atoms with E-state index < -0.39 is 0 Å². The molecule has 2 radical (unpaired) electrons. The highest BCUT2D eigenvalue weighted by Gasteiger charge is 2.21. The number of benzene rings is 4. The van der Waals surface area contributed by atoms with Crippen LogP contribution in [0.25, 0.3) is 44.5 Å². The highest BCUT2D eigenvalue weighted by atomic mass is 14.2. The van der Waals surface area contributed by atoms with E-state index in [9.17, 15) is 0 Å². The summed E-state index contributed by atoms with van der Waals surface area (Å²) < 4.78 is 0. The van der Waals surface area contributed by atoms with Crippen molar-refractivity contribution < 1.29 is 0 Å². The molecule has 5 rings (SSSR count). The molecule has 0 aromatic heterocycles. The third kappa shape index (κ3) is 2.09. The van der Waals surface area contributed by atoms with Crippen molar-refractivity contribution in [1.82, 2.24) is 0 Å². The lowest BCUT2D eigenvalue weighted by Crippen LogP contribution is -2.10. The number of hydrogen-bond donors (Lipinski definition) is 0. The van der Waals surface area contributed by atoms with Crippen LogP contribution in [0.4, 0.5) is 0 Å². The first kappa shape index (κ1) is 14.3. The Labute approximate surface area is 149 Å². The van der Waals surface area contributed by atoms with Gasteiger partial charge in [0.05, 0.1) is 0 Å². The van der Waals surface area contributed by atoms with E-state index in [1.54, 1.807) is 0 Å². The van der Waals surface area contributed by atoms with Gasteiger partial charge < -0.3 is 0 Å². The summed E-state index contributed by atoms with van der Waals surface area (Å²) in [5, 5.41) is 0. The van der Waals surface area contributed by atoms with Gasteiger partial charge in [0.15, 0.2) is 0 Å². The first-order chi connectivity index (χ1) is 12.3. The van der Waals surface area contributed by atoms with E-state index in [1.165, 1.54) is 38.9 Å². The molecule has 0 spiro atoms. The summed E-state index contributed by atoms with van der Waals surface area (Å²) in [4.78, 5) is 0. The molecule has 0 atom stereocenters. The van der Waals surface area contributed by atoms with E-state index in [0.29, 0.717) is 0 Å². The maximum Gasteiger partial charge on any atom is 0.114 e. The first-order valence-electron chi connectivity index (χ1n) is 8.51. The number of hydrogen-bond acceptors (Lipinski definition) is 0. The van der Waals surface area contributed by atoms with Crippen LogP contribution >= 0.6 is 0 Å². The molecule has 1 aliphatic rings. The van der Waals surface area contributed by atoms with E-state index in [0.717, 1.165) is 11.0 Å². The summed E-state index contributed by atoms with van der Waals surface area (Å²) in [5.74, 6) is 0. The number of rotatable bonds is 0. The monoisotopic (exact) mass is 314 g/mol. The lowest BCUT2D eigenvalue weighted by molar-refractivity contribution is 1.53. The van der Waals surface area contributed by atoms with Crippen molar-refractivity contribution in [3.8, 4) is 44.5 Å². The van der Waals surface area contributed by atoms with E-state index in [4.69, 9.17) is 7.85 Å². The van der Waals surface area contributed by atoms with Crippen molar-refractivity contribution in [3.05, 3.63) is 91.0 Å². The smallest absolute Gasteiger partial charge is 0.0883 e. The SMILES string of the molecule is [B]c1cccc2c1-c1ccccc1-c1ccccc1-c1ccccc1-2. The van der Waals surface area contributed by atoms with Crippen LogP contribution in [0.5, 0.6) is 0 Å². The van der Waals surface area contributed by atoms with Gasteiger partial charge in [-0.2, -0.15) is 0 Å². The predicted molar refractivity (Wildman–Crippen MR) is 107 cm³/mol. The third-order valence-corrected chi connectivity index (χ3v) is 5.02. The van der Waals surface area contributed by atoms with Gasteiger partial charge >= 0.3 is 0 Å². The summed E-state index contributed by atoms with van der Waals surface area (Å²) in [6, 6.07) is 32.0. The molecule has 0 heterocycles. The second-order valence-electron chi connectivity index (χ2n) is 6.41. The fourth-order valence-electron chi connectivity index (χ4n) is 3.94. The van der Waals surface area contributed by atoms with Crippen LogP contribution in [0.15, 0.2) is 91.0 Å². The molecule has 0 bridgehead atoms. The molecular formula is C24H15B. The molecule has 1 aliphatic carbocycles. The summed E-state index contributed by atoms with van der Waals surface area (Å²) in [6.45, 7) is 0. The van der Waals surface area contributed by atoms with Crippen LogP contribution in [-0.2, 0) is 0 Å². The first-order valence-corrected chi connectivity index (χ1v) is 8.51. The Kier molecular flexibility index (Phi) is 3.14. The Bertz CT molecular complexity index is 1100. The number of fused-ring (bicyclic) bond motifs is 8. The van der Waals surface area contributed by atoms with Gasteiger partial charge in [0, 0.05) is 0 Å². The highest BCUT2D eigenvalue weighted by molar-refractivity contribution is 6.37. The fourth-order valence-corrected chi connectivity index (χ4v) is 3.94. The molecule has 1 heteroatoms. The Hall–Kier alpha value is -3.06. The van der Waals surface area contributed by atoms with Gasteiger partial charge in [-0.1, -0.05) is 96.5 Å². The van der Waals surface area contributed by atoms with Crippen molar-refractivity contribution in [2.75, 3.05) is 0 Å². The van der Waals surface area contributed by atoms with Crippen molar-refractivity contribution in [2.45, 2.75) is 0 Å². The molecule has 0 fully saturated rings. The van der Waals surface area contributed by atoms with Crippen LogP contribution < -0.4 is 5.46 Å². The van der Waals surface area contributed by atoms with Crippen molar-refractivity contribution >= 4 is 13.3 Å². The Morgan fingerprint density at radius 2 is 0.720 bits per heavy atom. The second-order valence-corrected chi connectivity index (χ2v) is 6.41. The zero-order valence-electron chi connectivity index (χ0n) is 13.7. The molecule has 4 aromatic rings. The molecule has 0 amide bonds. The molecule has 0 unspecified atom stereocenters. The summed E-state index contributed by atoms with van der Waals surface area (Å²) in [6.07, 6.45) is 0. The normalized spacial score (nSPS) is 11.4. The minimum Gasteiger partial charge on any atom is -0.0883 e. The lowest BCUT2D eigenvalue weighted by atomic mass is 9.76. The van der Waals surface area contributed by atoms with Gasteiger partial charge in [-0.3, -0.25) is 0 Å². The van der Waals surface area contributed by atoms with Gasteiger partial charge in [0.2, 0.25) is 0 Å². The molecule has 4 aromatic carbocycles. The zero-order chi connectivity index (χ0) is 16.8. The minimum atomic E-state index is 0.819. The standard InChI is InChI=1S/C24H15B/c25-23-15-7-14-22-20-11-4-3-10-18(20)16-8-1-2-9-17(16)19-12-5-6-13-21(19)24(22)23/h1-15H. The maximum atomic E-state index is 6.45. The maximum absolute atomic E-state index is 6.45. The third-order valence-electron chi connectivity index (χ3n) is 5.02. The van der Waals surface area contributed by atoms with E-state index >= 15 is 0 Å². The van der Waals surface area contributed by atoms with Gasteiger partial charge in [-0.15, -0.1) is 0 Å². The Morgan fingerprint density at radius 3 is 1.24 bits per heavy atom. The quantitative estimate of drug-likeness (QED) is 0.333. The van der Waals surface area contributed by atoms with Crippen molar-refractivity contribution in [3.63, 3.8) is 0 Å². The average molecular weight is 314 g/mol. The molecule has 0 N–H and O–H groups in total. The lowest BCUT2D eigenvalue weighted by Gasteiger charge is -2.24. The zero-order valence-corrected chi connectivity index (χ0v) is 13.7. The van der Waals surface area contributed by atoms with Crippen LogP contribution in [-0.4, -0.2) is 7.85 Å². The van der Waals surface area contributed by atoms with Crippen LogP contribution in [0, 0.1) is 0 Å². The summed E-state index contributed by atoms with van der Waals surface area (Å²) >= 11 is 0. The summed E-state index contributed by atoms with van der Waals surface area (Å²) in [7, 11) is 6.45. The van der Waals surface area contributed by atoms with E-state index in [2.05, 4.69) is 78.9 Å². The molecule has 0 saturated carbocycles. The molecule has 25 heavy (non-hydrogen) atoms. The van der Waals surface area contributed by atoms with Gasteiger partial charge in [0.25, 0.3) is 0 Å². The molecule has 114 valence electrons. The van der Waals surface area contributed by atoms with Gasteiger partial charge in [-0.05, 0) is 44.5 Å². The predicted octanol–water partition coefficient (Wildman–Crippen LogP) is 5.46. The molecule has 0 aliphatic heterocycles.